The molecule has 3 rings (SSSR count). The van der Waals surface area contributed by atoms with E-state index in [1.54, 1.807) is 4.57 Å². The zero-order valence-electron chi connectivity index (χ0n) is 18.2. The SMILES string of the molecule is C=C1C(COC(=O)CCCCCCCCC)C(O)CC1n1cnc2c(=O)[nH]c(N)nc21. The summed E-state index contributed by atoms with van der Waals surface area (Å²) in [6.07, 6.45) is 9.53. The zero-order chi connectivity index (χ0) is 22.4. The first-order valence-electron chi connectivity index (χ1n) is 11.2. The second-order valence-corrected chi connectivity index (χ2v) is 8.33. The molecule has 4 N–H and O–H groups in total. The summed E-state index contributed by atoms with van der Waals surface area (Å²) in [5, 5.41) is 10.5. The van der Waals surface area contributed by atoms with Crippen molar-refractivity contribution in [1.82, 2.24) is 19.5 Å². The number of aromatic amines is 1. The molecule has 2 aromatic heterocycles. The van der Waals surface area contributed by atoms with Crippen molar-refractivity contribution in [3.63, 3.8) is 0 Å². The Hall–Kier alpha value is -2.68. The topological polar surface area (TPSA) is 136 Å². The average molecular weight is 432 g/mol. The third-order valence-electron chi connectivity index (χ3n) is 6.03. The van der Waals surface area contributed by atoms with E-state index in [0.29, 0.717) is 18.5 Å². The molecule has 0 amide bonds. The fourth-order valence-electron chi connectivity index (χ4n) is 4.20. The summed E-state index contributed by atoms with van der Waals surface area (Å²) >= 11 is 0. The summed E-state index contributed by atoms with van der Waals surface area (Å²) in [6.45, 7) is 6.41. The molecular formula is C22H33N5O4. The summed E-state index contributed by atoms with van der Waals surface area (Å²) in [6, 6.07) is -0.305. The number of rotatable bonds is 11. The summed E-state index contributed by atoms with van der Waals surface area (Å²) in [5.74, 6) is -0.620. The predicted molar refractivity (Wildman–Crippen MR) is 118 cm³/mol. The lowest BCUT2D eigenvalue weighted by Crippen LogP contribution is -2.22. The van der Waals surface area contributed by atoms with Gasteiger partial charge in [-0.1, -0.05) is 52.0 Å². The van der Waals surface area contributed by atoms with E-state index >= 15 is 0 Å². The number of unbranched alkanes of at least 4 members (excludes halogenated alkanes) is 6. The van der Waals surface area contributed by atoms with Gasteiger partial charge in [0.1, 0.15) is 6.61 Å². The highest BCUT2D eigenvalue weighted by atomic mass is 16.5. The zero-order valence-corrected chi connectivity index (χ0v) is 18.2. The molecule has 1 aliphatic carbocycles. The van der Waals surface area contributed by atoms with E-state index < -0.39 is 11.7 Å². The Morgan fingerprint density at radius 3 is 2.77 bits per heavy atom. The van der Waals surface area contributed by atoms with Gasteiger partial charge in [0, 0.05) is 12.3 Å². The van der Waals surface area contributed by atoms with Crippen molar-refractivity contribution < 1.29 is 14.6 Å². The fraction of sp³-hybridized carbons (Fsp3) is 0.636. The Morgan fingerprint density at radius 2 is 2.03 bits per heavy atom. The number of aromatic nitrogens is 4. The number of H-pyrrole nitrogens is 1. The van der Waals surface area contributed by atoms with Crippen LogP contribution in [0.4, 0.5) is 5.95 Å². The Bertz CT molecular complexity index is 966. The van der Waals surface area contributed by atoms with Gasteiger partial charge in [-0.2, -0.15) is 4.98 Å². The van der Waals surface area contributed by atoms with Gasteiger partial charge in [0.05, 0.1) is 18.5 Å². The van der Waals surface area contributed by atoms with Gasteiger partial charge in [0.15, 0.2) is 11.2 Å². The molecular weight excluding hydrogens is 398 g/mol. The second kappa shape index (κ2) is 10.6. The van der Waals surface area contributed by atoms with Crippen LogP contribution in [0.15, 0.2) is 23.3 Å². The molecule has 1 fully saturated rings. The molecule has 2 aromatic rings. The summed E-state index contributed by atoms with van der Waals surface area (Å²) < 4.78 is 7.13. The molecule has 0 aliphatic heterocycles. The van der Waals surface area contributed by atoms with Gasteiger partial charge in [-0.15, -0.1) is 0 Å². The van der Waals surface area contributed by atoms with Crippen molar-refractivity contribution in [2.75, 3.05) is 12.3 Å². The van der Waals surface area contributed by atoms with Crippen molar-refractivity contribution >= 4 is 23.1 Å². The number of fused-ring (bicyclic) bond motifs is 1. The maximum atomic E-state index is 12.1. The van der Waals surface area contributed by atoms with E-state index in [2.05, 4.69) is 28.5 Å². The smallest absolute Gasteiger partial charge is 0.305 e. The highest BCUT2D eigenvalue weighted by molar-refractivity contribution is 5.71. The van der Waals surface area contributed by atoms with Gasteiger partial charge >= 0.3 is 5.97 Å². The summed E-state index contributed by atoms with van der Waals surface area (Å²) in [5.41, 5.74) is 6.49. The number of carbonyl (C=O) groups excluding carboxylic acids is 1. The Balaban J connectivity index is 1.51. The average Bonchev–Trinajstić information content (AvgIpc) is 3.26. The number of hydrogen-bond donors (Lipinski definition) is 3. The minimum Gasteiger partial charge on any atom is -0.465 e. The molecule has 0 radical (unpaired) electrons. The van der Waals surface area contributed by atoms with E-state index in [4.69, 9.17) is 10.5 Å². The van der Waals surface area contributed by atoms with Gasteiger partial charge in [0.2, 0.25) is 5.95 Å². The summed E-state index contributed by atoms with van der Waals surface area (Å²) in [4.78, 5) is 34.8. The van der Waals surface area contributed by atoms with E-state index in [1.165, 1.54) is 32.0 Å². The number of esters is 1. The Morgan fingerprint density at radius 1 is 1.32 bits per heavy atom. The molecule has 1 aliphatic rings. The number of aliphatic hydroxyl groups excluding tert-OH is 1. The van der Waals surface area contributed by atoms with Crippen LogP contribution >= 0.6 is 0 Å². The number of hydrogen-bond acceptors (Lipinski definition) is 7. The number of nitrogen functional groups attached to an aromatic ring is 1. The molecule has 0 spiro atoms. The van der Waals surface area contributed by atoms with Crippen LogP contribution in [-0.4, -0.2) is 43.3 Å². The lowest BCUT2D eigenvalue weighted by Gasteiger charge is -2.17. The van der Waals surface area contributed by atoms with E-state index in [1.807, 2.05) is 0 Å². The largest absolute Gasteiger partial charge is 0.465 e. The summed E-state index contributed by atoms with van der Waals surface area (Å²) in [7, 11) is 0. The van der Waals surface area contributed by atoms with Crippen molar-refractivity contribution in [3.8, 4) is 0 Å². The molecule has 31 heavy (non-hydrogen) atoms. The molecule has 9 nitrogen and oxygen atoms in total. The molecule has 0 aromatic carbocycles. The van der Waals surface area contributed by atoms with Gasteiger partial charge < -0.3 is 20.1 Å². The van der Waals surface area contributed by atoms with Gasteiger partial charge in [-0.3, -0.25) is 14.6 Å². The maximum absolute atomic E-state index is 12.1. The molecule has 2 heterocycles. The molecule has 1 saturated carbocycles. The standard InChI is InChI=1S/C22H33N5O4/c1-3-4-5-6-7-8-9-10-18(29)31-12-15-14(2)16(11-17(15)28)27-13-24-19-20(27)25-22(23)26-21(19)30/h13,15-17,28H,2-12H2,1H3,(H3,23,25,26,30). The second-order valence-electron chi connectivity index (χ2n) is 8.33. The van der Waals surface area contributed by atoms with Crippen LogP contribution in [0.5, 0.6) is 0 Å². The Kier molecular flexibility index (Phi) is 7.84. The predicted octanol–water partition coefficient (Wildman–Crippen LogP) is 2.86. The maximum Gasteiger partial charge on any atom is 0.305 e. The first-order valence-corrected chi connectivity index (χ1v) is 11.2. The minimum absolute atomic E-state index is 0.000693. The number of nitrogens with zero attached hydrogens (tertiary/aromatic N) is 3. The fourth-order valence-corrected chi connectivity index (χ4v) is 4.20. The van der Waals surface area contributed by atoms with Crippen LogP contribution in [0, 0.1) is 5.92 Å². The Labute approximate surface area is 181 Å². The van der Waals surface area contributed by atoms with Crippen LogP contribution in [-0.2, 0) is 9.53 Å². The number of imidazole rings is 1. The highest BCUT2D eigenvalue weighted by Gasteiger charge is 2.39. The lowest BCUT2D eigenvalue weighted by atomic mass is 10.0. The minimum atomic E-state index is -0.708. The highest BCUT2D eigenvalue weighted by Crippen LogP contribution is 2.40. The van der Waals surface area contributed by atoms with Gasteiger partial charge in [-0.25, -0.2) is 4.98 Å². The van der Waals surface area contributed by atoms with Crippen LogP contribution in [0.25, 0.3) is 11.2 Å². The van der Waals surface area contributed by atoms with Crippen LogP contribution in [0.3, 0.4) is 0 Å². The van der Waals surface area contributed by atoms with Crippen LogP contribution in [0.1, 0.15) is 70.8 Å². The van der Waals surface area contributed by atoms with Crippen LogP contribution in [0.2, 0.25) is 0 Å². The number of nitrogens with one attached hydrogen (secondary N) is 1. The molecule has 0 saturated heterocycles. The van der Waals surface area contributed by atoms with Gasteiger partial charge in [0.25, 0.3) is 5.56 Å². The molecule has 3 unspecified atom stereocenters. The molecule has 170 valence electrons. The van der Waals surface area contributed by atoms with Crippen molar-refractivity contribution in [1.29, 1.82) is 0 Å². The molecule has 3 atom stereocenters. The van der Waals surface area contributed by atoms with Crippen LogP contribution < -0.4 is 11.3 Å². The number of ether oxygens (including phenoxy) is 1. The quantitative estimate of drug-likeness (QED) is 0.283. The van der Waals surface area contributed by atoms with Crippen molar-refractivity contribution in [3.05, 3.63) is 28.8 Å². The van der Waals surface area contributed by atoms with Crippen molar-refractivity contribution in [2.24, 2.45) is 5.92 Å². The van der Waals surface area contributed by atoms with Gasteiger partial charge in [-0.05, 0) is 18.4 Å². The third-order valence-corrected chi connectivity index (χ3v) is 6.03. The van der Waals surface area contributed by atoms with Crippen molar-refractivity contribution in [2.45, 2.75) is 76.9 Å². The van der Waals surface area contributed by atoms with E-state index in [9.17, 15) is 14.7 Å². The molecule has 9 heteroatoms. The number of aliphatic hydroxyl groups is 1. The number of anilines is 1. The monoisotopic (exact) mass is 431 g/mol. The lowest BCUT2D eigenvalue weighted by molar-refractivity contribution is -0.145. The number of nitrogens with two attached hydrogens (primary N) is 1. The first kappa shape index (κ1) is 23.0. The molecule has 0 bridgehead atoms. The number of carbonyl (C=O) groups is 1. The normalized spacial score (nSPS) is 21.1. The third kappa shape index (κ3) is 5.52. The van der Waals surface area contributed by atoms with E-state index in [-0.39, 0.29) is 36.0 Å². The van der Waals surface area contributed by atoms with E-state index in [0.717, 1.165) is 24.8 Å². The first-order chi connectivity index (χ1) is 14.9.